The zero-order valence-electron chi connectivity index (χ0n) is 11.6. The van der Waals surface area contributed by atoms with Crippen molar-refractivity contribution >= 4 is 38.3 Å². The monoisotopic (exact) mass is 365 g/mol. The van der Waals surface area contributed by atoms with Gasteiger partial charge in [0.2, 0.25) is 0 Å². The number of imidazole rings is 1. The summed E-state index contributed by atoms with van der Waals surface area (Å²) < 4.78 is 0.991. The van der Waals surface area contributed by atoms with Crippen LogP contribution in [-0.4, -0.2) is 16.5 Å². The normalized spacial score (nSPS) is 12.9. The second-order valence-electron chi connectivity index (χ2n) is 4.94. The van der Waals surface area contributed by atoms with Gasteiger partial charge in [-0.3, -0.25) is 0 Å². The SMILES string of the molecule is CCCNC(c1ccsc1)c1cc2[nH]c(=O)[nH]c2cc1Br. The summed E-state index contributed by atoms with van der Waals surface area (Å²) in [5.41, 5.74) is 3.84. The highest BCUT2D eigenvalue weighted by atomic mass is 79.9. The lowest BCUT2D eigenvalue weighted by Gasteiger charge is -2.19. The highest BCUT2D eigenvalue weighted by molar-refractivity contribution is 9.10. The van der Waals surface area contributed by atoms with E-state index >= 15 is 0 Å². The van der Waals surface area contributed by atoms with E-state index in [4.69, 9.17) is 0 Å². The van der Waals surface area contributed by atoms with E-state index in [1.54, 1.807) is 11.3 Å². The molecule has 110 valence electrons. The highest BCUT2D eigenvalue weighted by Gasteiger charge is 2.18. The van der Waals surface area contributed by atoms with Crippen LogP contribution >= 0.6 is 27.3 Å². The maximum absolute atomic E-state index is 11.4. The summed E-state index contributed by atoms with van der Waals surface area (Å²) in [5.74, 6) is 0. The van der Waals surface area contributed by atoms with E-state index in [1.165, 1.54) is 5.56 Å². The molecule has 1 atom stereocenters. The van der Waals surface area contributed by atoms with Gasteiger partial charge in [0, 0.05) is 4.47 Å². The van der Waals surface area contributed by atoms with Gasteiger partial charge in [-0.2, -0.15) is 11.3 Å². The van der Waals surface area contributed by atoms with Crippen LogP contribution in [0.2, 0.25) is 0 Å². The van der Waals surface area contributed by atoms with Gasteiger partial charge >= 0.3 is 5.69 Å². The summed E-state index contributed by atoms with van der Waals surface area (Å²) in [7, 11) is 0. The first-order valence-electron chi connectivity index (χ1n) is 6.86. The lowest BCUT2D eigenvalue weighted by molar-refractivity contribution is 0.599. The molecule has 0 aliphatic carbocycles. The topological polar surface area (TPSA) is 60.7 Å². The Hall–Kier alpha value is -1.37. The smallest absolute Gasteiger partial charge is 0.306 e. The number of hydrogen-bond acceptors (Lipinski definition) is 3. The van der Waals surface area contributed by atoms with Gasteiger partial charge in [-0.15, -0.1) is 0 Å². The third kappa shape index (κ3) is 2.97. The fraction of sp³-hybridized carbons (Fsp3) is 0.267. The Morgan fingerprint density at radius 3 is 2.76 bits per heavy atom. The first-order valence-corrected chi connectivity index (χ1v) is 8.59. The minimum Gasteiger partial charge on any atom is -0.306 e. The minimum atomic E-state index is -0.178. The molecule has 0 radical (unpaired) electrons. The fourth-order valence-electron chi connectivity index (χ4n) is 2.43. The third-order valence-corrected chi connectivity index (χ3v) is 4.81. The number of rotatable bonds is 5. The molecular formula is C15H16BrN3OS. The van der Waals surface area contributed by atoms with Crippen LogP contribution in [0.4, 0.5) is 0 Å². The lowest BCUT2D eigenvalue weighted by Crippen LogP contribution is -2.23. The minimum absolute atomic E-state index is 0.119. The van der Waals surface area contributed by atoms with Gasteiger partial charge in [-0.1, -0.05) is 22.9 Å². The van der Waals surface area contributed by atoms with E-state index < -0.39 is 0 Å². The van der Waals surface area contributed by atoms with Crippen LogP contribution in [0.1, 0.15) is 30.5 Å². The van der Waals surface area contributed by atoms with E-state index in [0.29, 0.717) is 0 Å². The molecule has 0 bridgehead atoms. The molecule has 2 heterocycles. The number of thiophene rings is 1. The summed E-state index contributed by atoms with van der Waals surface area (Å²) >= 11 is 5.32. The molecular weight excluding hydrogens is 350 g/mol. The largest absolute Gasteiger partial charge is 0.323 e. The van der Waals surface area contributed by atoms with E-state index in [-0.39, 0.29) is 11.7 Å². The number of benzene rings is 1. The molecule has 0 spiro atoms. The van der Waals surface area contributed by atoms with E-state index in [1.807, 2.05) is 12.1 Å². The number of fused-ring (bicyclic) bond motifs is 1. The van der Waals surface area contributed by atoms with Crippen LogP contribution in [0.5, 0.6) is 0 Å². The van der Waals surface area contributed by atoms with E-state index in [0.717, 1.165) is 34.0 Å². The van der Waals surface area contributed by atoms with Crippen LogP contribution in [0.3, 0.4) is 0 Å². The van der Waals surface area contributed by atoms with Gasteiger partial charge in [-0.25, -0.2) is 4.79 Å². The van der Waals surface area contributed by atoms with Gasteiger partial charge in [0.25, 0.3) is 0 Å². The molecule has 3 N–H and O–H groups in total. The molecule has 2 aromatic heterocycles. The Bertz CT molecular complexity index is 791. The summed E-state index contributed by atoms with van der Waals surface area (Å²) in [6.07, 6.45) is 1.07. The average molecular weight is 366 g/mol. The van der Waals surface area contributed by atoms with Crippen LogP contribution in [0.15, 0.2) is 38.2 Å². The summed E-state index contributed by atoms with van der Waals surface area (Å²) in [4.78, 5) is 17.1. The first kappa shape index (κ1) is 14.6. The summed E-state index contributed by atoms with van der Waals surface area (Å²) in [5, 5.41) is 7.82. The number of halogens is 1. The Morgan fingerprint density at radius 1 is 1.33 bits per heavy atom. The fourth-order valence-corrected chi connectivity index (χ4v) is 3.69. The van der Waals surface area contributed by atoms with Crippen molar-refractivity contribution in [1.82, 2.24) is 15.3 Å². The predicted octanol–water partition coefficient (Wildman–Crippen LogP) is 3.77. The number of hydrogen-bond donors (Lipinski definition) is 3. The van der Waals surface area contributed by atoms with Crippen LogP contribution < -0.4 is 11.0 Å². The third-order valence-electron chi connectivity index (χ3n) is 3.42. The number of aromatic nitrogens is 2. The maximum Gasteiger partial charge on any atom is 0.323 e. The van der Waals surface area contributed by atoms with Gasteiger partial charge < -0.3 is 15.3 Å². The van der Waals surface area contributed by atoms with E-state index in [9.17, 15) is 4.79 Å². The van der Waals surface area contributed by atoms with Crippen molar-refractivity contribution in [2.75, 3.05) is 6.54 Å². The molecule has 6 heteroatoms. The van der Waals surface area contributed by atoms with Crippen molar-refractivity contribution in [1.29, 1.82) is 0 Å². The van der Waals surface area contributed by atoms with Crippen molar-refractivity contribution in [3.8, 4) is 0 Å². The molecule has 0 aliphatic heterocycles. The van der Waals surface area contributed by atoms with E-state index in [2.05, 4.69) is 55.0 Å². The maximum atomic E-state index is 11.4. The van der Waals surface area contributed by atoms with Gasteiger partial charge in [0.1, 0.15) is 0 Å². The van der Waals surface area contributed by atoms with Gasteiger partial charge in [0.05, 0.1) is 17.1 Å². The lowest BCUT2D eigenvalue weighted by atomic mass is 10.0. The van der Waals surface area contributed by atoms with Crippen molar-refractivity contribution in [2.24, 2.45) is 0 Å². The molecule has 1 aromatic carbocycles. The number of aromatic amines is 2. The van der Waals surface area contributed by atoms with Crippen molar-refractivity contribution in [2.45, 2.75) is 19.4 Å². The van der Waals surface area contributed by atoms with Crippen LogP contribution in [0.25, 0.3) is 11.0 Å². The zero-order chi connectivity index (χ0) is 14.8. The Balaban J connectivity index is 2.09. The number of H-pyrrole nitrogens is 2. The average Bonchev–Trinajstić information content (AvgIpc) is 3.08. The molecule has 0 amide bonds. The second-order valence-corrected chi connectivity index (χ2v) is 6.58. The van der Waals surface area contributed by atoms with Crippen molar-refractivity contribution in [3.63, 3.8) is 0 Å². The quantitative estimate of drug-likeness (QED) is 0.644. The molecule has 21 heavy (non-hydrogen) atoms. The standard InChI is InChI=1S/C15H16BrN3OS/c1-2-4-17-14(9-3-5-21-8-9)10-6-12-13(7-11(10)16)19-15(20)18-12/h3,5-8,14,17H,2,4H2,1H3,(H2,18,19,20). The van der Waals surface area contributed by atoms with Gasteiger partial charge in [-0.05, 0) is 53.1 Å². The van der Waals surface area contributed by atoms with Crippen LogP contribution in [0, 0.1) is 0 Å². The molecule has 0 fully saturated rings. The van der Waals surface area contributed by atoms with Gasteiger partial charge in [0.15, 0.2) is 0 Å². The highest BCUT2D eigenvalue weighted by Crippen LogP contribution is 2.32. The first-order chi connectivity index (χ1) is 10.2. The molecule has 3 rings (SSSR count). The molecule has 4 nitrogen and oxygen atoms in total. The molecule has 0 saturated heterocycles. The van der Waals surface area contributed by atoms with Crippen molar-refractivity contribution in [3.05, 3.63) is 55.0 Å². The Kier molecular flexibility index (Phi) is 4.28. The Morgan fingerprint density at radius 2 is 2.10 bits per heavy atom. The molecule has 0 saturated carbocycles. The summed E-state index contributed by atoms with van der Waals surface area (Å²) in [6.45, 7) is 3.09. The van der Waals surface area contributed by atoms with Crippen molar-refractivity contribution < 1.29 is 0 Å². The van der Waals surface area contributed by atoms with Crippen LogP contribution in [-0.2, 0) is 0 Å². The molecule has 1 unspecified atom stereocenters. The molecule has 0 aliphatic rings. The molecule has 3 aromatic rings. The zero-order valence-corrected chi connectivity index (χ0v) is 14.0. The predicted molar refractivity (Wildman–Crippen MR) is 91.1 cm³/mol. The Labute approximate surface area is 134 Å². The number of nitrogens with one attached hydrogen (secondary N) is 3. The second kappa shape index (κ2) is 6.17. The summed E-state index contributed by atoms with van der Waals surface area (Å²) in [6, 6.07) is 6.24.